The standard InChI is InChI=1S/C17H21F3N2/c18-17(19,20)15-2-1-3-16(22-15)21-9-14-12-5-10-4-11(7-12)8-13(14)6-10/h1-3,10-14H,4-9H2,(H,21,22). The first-order chi connectivity index (χ1) is 10.5. The van der Waals surface area contributed by atoms with E-state index in [1.54, 1.807) is 6.07 Å². The van der Waals surface area contributed by atoms with Gasteiger partial charge in [-0.2, -0.15) is 13.2 Å². The number of alkyl halides is 3. The summed E-state index contributed by atoms with van der Waals surface area (Å²) in [5.74, 6) is 4.35. The highest BCUT2D eigenvalue weighted by Gasteiger charge is 2.47. The first-order valence-corrected chi connectivity index (χ1v) is 8.27. The maximum atomic E-state index is 12.7. The van der Waals surface area contributed by atoms with Crippen LogP contribution in [0.25, 0.3) is 0 Å². The Morgan fingerprint density at radius 2 is 1.64 bits per heavy atom. The molecule has 4 fully saturated rings. The normalized spacial score (nSPS) is 36.6. The molecule has 0 unspecified atom stereocenters. The van der Waals surface area contributed by atoms with Gasteiger partial charge in [0, 0.05) is 6.54 Å². The third-order valence-electron chi connectivity index (χ3n) is 5.98. The van der Waals surface area contributed by atoms with Crippen LogP contribution in [0.15, 0.2) is 18.2 Å². The first-order valence-electron chi connectivity index (χ1n) is 8.27. The lowest BCUT2D eigenvalue weighted by atomic mass is 9.52. The predicted octanol–water partition coefficient (Wildman–Crippen LogP) is 4.58. The van der Waals surface area contributed by atoms with Gasteiger partial charge in [-0.3, -0.25) is 0 Å². The molecule has 0 spiro atoms. The molecule has 0 atom stereocenters. The average molecular weight is 310 g/mol. The molecule has 5 rings (SSSR count). The van der Waals surface area contributed by atoms with Crippen molar-refractivity contribution in [3.8, 4) is 0 Å². The highest BCUT2D eigenvalue weighted by atomic mass is 19.4. The van der Waals surface area contributed by atoms with Gasteiger partial charge in [0.05, 0.1) is 0 Å². The molecule has 0 amide bonds. The minimum atomic E-state index is -4.37. The van der Waals surface area contributed by atoms with E-state index in [0.717, 1.165) is 36.3 Å². The van der Waals surface area contributed by atoms with Crippen LogP contribution >= 0.6 is 0 Å². The van der Waals surface area contributed by atoms with Crippen LogP contribution in [0.4, 0.5) is 19.0 Å². The van der Waals surface area contributed by atoms with Crippen LogP contribution in [0.2, 0.25) is 0 Å². The SMILES string of the molecule is FC(F)(F)c1cccc(NCC2C3CC4CC(C3)CC2C4)n1. The number of aromatic nitrogens is 1. The second-order valence-electron chi connectivity index (χ2n) is 7.38. The first kappa shape index (κ1) is 14.3. The molecule has 120 valence electrons. The number of hydrogen-bond donors (Lipinski definition) is 1. The molecule has 22 heavy (non-hydrogen) atoms. The molecule has 1 aromatic rings. The second-order valence-corrected chi connectivity index (χ2v) is 7.38. The Morgan fingerprint density at radius 3 is 2.23 bits per heavy atom. The molecular weight excluding hydrogens is 289 g/mol. The van der Waals surface area contributed by atoms with Crippen molar-refractivity contribution < 1.29 is 13.2 Å². The van der Waals surface area contributed by atoms with Gasteiger partial charge in [0.2, 0.25) is 0 Å². The maximum Gasteiger partial charge on any atom is 0.433 e. The number of pyridine rings is 1. The summed E-state index contributed by atoms with van der Waals surface area (Å²) in [7, 11) is 0. The lowest BCUT2D eigenvalue weighted by Gasteiger charge is -2.54. The van der Waals surface area contributed by atoms with E-state index in [1.165, 1.54) is 38.2 Å². The Balaban J connectivity index is 1.43. The van der Waals surface area contributed by atoms with Gasteiger partial charge in [0.25, 0.3) is 0 Å². The van der Waals surface area contributed by atoms with Crippen LogP contribution in [0.3, 0.4) is 0 Å². The highest BCUT2D eigenvalue weighted by molar-refractivity contribution is 5.36. The predicted molar refractivity (Wildman–Crippen MR) is 78.3 cm³/mol. The fourth-order valence-corrected chi connectivity index (χ4v) is 5.28. The van der Waals surface area contributed by atoms with Gasteiger partial charge in [-0.15, -0.1) is 0 Å². The molecule has 4 bridgehead atoms. The molecule has 4 aliphatic rings. The second kappa shape index (κ2) is 5.14. The van der Waals surface area contributed by atoms with Crippen molar-refractivity contribution in [2.45, 2.75) is 38.3 Å². The van der Waals surface area contributed by atoms with Crippen molar-refractivity contribution in [3.05, 3.63) is 23.9 Å². The van der Waals surface area contributed by atoms with Crippen molar-refractivity contribution in [1.82, 2.24) is 4.98 Å². The Labute approximate surface area is 128 Å². The number of halogens is 3. The van der Waals surface area contributed by atoms with Crippen LogP contribution in [0, 0.1) is 29.6 Å². The molecule has 0 saturated heterocycles. The molecule has 4 aliphatic carbocycles. The van der Waals surface area contributed by atoms with E-state index in [2.05, 4.69) is 10.3 Å². The summed E-state index contributed by atoms with van der Waals surface area (Å²) in [6.45, 7) is 0.767. The minimum absolute atomic E-state index is 0.351. The smallest absolute Gasteiger partial charge is 0.370 e. The van der Waals surface area contributed by atoms with Gasteiger partial charge in [-0.1, -0.05) is 6.07 Å². The van der Waals surface area contributed by atoms with Gasteiger partial charge in [0.15, 0.2) is 0 Å². The molecule has 1 N–H and O–H groups in total. The summed E-state index contributed by atoms with van der Waals surface area (Å²) in [5.41, 5.74) is -0.817. The van der Waals surface area contributed by atoms with Crippen molar-refractivity contribution >= 4 is 5.82 Å². The summed E-state index contributed by atoms with van der Waals surface area (Å²) in [6, 6.07) is 4.08. The van der Waals surface area contributed by atoms with E-state index < -0.39 is 11.9 Å². The zero-order chi connectivity index (χ0) is 15.3. The van der Waals surface area contributed by atoms with Gasteiger partial charge in [-0.05, 0) is 73.8 Å². The number of rotatable bonds is 3. The Hall–Kier alpha value is -1.26. The van der Waals surface area contributed by atoms with Crippen LogP contribution in [-0.2, 0) is 6.18 Å². The molecule has 4 saturated carbocycles. The van der Waals surface area contributed by atoms with E-state index >= 15 is 0 Å². The van der Waals surface area contributed by atoms with Crippen LogP contribution in [0.5, 0.6) is 0 Å². The van der Waals surface area contributed by atoms with Gasteiger partial charge < -0.3 is 5.32 Å². The lowest BCUT2D eigenvalue weighted by Crippen LogP contribution is -2.47. The zero-order valence-electron chi connectivity index (χ0n) is 12.4. The fraction of sp³-hybridized carbons (Fsp3) is 0.706. The zero-order valence-corrected chi connectivity index (χ0v) is 12.4. The van der Waals surface area contributed by atoms with E-state index in [9.17, 15) is 13.2 Å². The summed E-state index contributed by atoms with van der Waals surface area (Å²) < 4.78 is 38.1. The average Bonchev–Trinajstić information content (AvgIpc) is 2.45. The summed E-state index contributed by atoms with van der Waals surface area (Å²) in [6.07, 6.45) is 2.36. The number of hydrogen-bond acceptors (Lipinski definition) is 2. The molecule has 0 radical (unpaired) electrons. The van der Waals surface area contributed by atoms with E-state index in [0.29, 0.717) is 11.7 Å². The fourth-order valence-electron chi connectivity index (χ4n) is 5.28. The van der Waals surface area contributed by atoms with E-state index in [4.69, 9.17) is 0 Å². The topological polar surface area (TPSA) is 24.9 Å². The molecule has 2 nitrogen and oxygen atoms in total. The molecule has 1 heterocycles. The molecule has 1 aromatic heterocycles. The van der Waals surface area contributed by atoms with Crippen LogP contribution in [0.1, 0.15) is 37.8 Å². The number of nitrogens with zero attached hydrogens (tertiary/aromatic N) is 1. The van der Waals surface area contributed by atoms with Crippen LogP contribution in [-0.4, -0.2) is 11.5 Å². The molecule has 0 aliphatic heterocycles. The van der Waals surface area contributed by atoms with Crippen LogP contribution < -0.4 is 5.32 Å². The maximum absolute atomic E-state index is 12.7. The molecular formula is C17H21F3N2. The van der Waals surface area contributed by atoms with Gasteiger partial charge in [0.1, 0.15) is 11.5 Å². The van der Waals surface area contributed by atoms with Crippen molar-refractivity contribution in [2.24, 2.45) is 29.6 Å². The summed E-state index contributed by atoms with van der Waals surface area (Å²) in [5, 5.41) is 3.17. The van der Waals surface area contributed by atoms with Crippen molar-refractivity contribution in [3.63, 3.8) is 0 Å². The third kappa shape index (κ3) is 2.59. The largest absolute Gasteiger partial charge is 0.433 e. The number of nitrogens with one attached hydrogen (secondary N) is 1. The number of anilines is 1. The highest BCUT2D eigenvalue weighted by Crippen LogP contribution is 2.56. The Morgan fingerprint density at radius 1 is 1.00 bits per heavy atom. The van der Waals surface area contributed by atoms with E-state index in [-0.39, 0.29) is 0 Å². The van der Waals surface area contributed by atoms with Gasteiger partial charge >= 0.3 is 6.18 Å². The summed E-state index contributed by atoms with van der Waals surface area (Å²) in [4.78, 5) is 3.71. The summed E-state index contributed by atoms with van der Waals surface area (Å²) >= 11 is 0. The monoisotopic (exact) mass is 310 g/mol. The van der Waals surface area contributed by atoms with Crippen molar-refractivity contribution in [2.75, 3.05) is 11.9 Å². The minimum Gasteiger partial charge on any atom is -0.370 e. The lowest BCUT2D eigenvalue weighted by molar-refractivity contribution is -0.141. The quantitative estimate of drug-likeness (QED) is 0.883. The van der Waals surface area contributed by atoms with Crippen molar-refractivity contribution in [1.29, 1.82) is 0 Å². The molecule has 0 aromatic carbocycles. The Kier molecular flexibility index (Phi) is 3.35. The molecule has 5 heteroatoms. The Bertz CT molecular complexity index is 527. The van der Waals surface area contributed by atoms with Gasteiger partial charge in [-0.25, -0.2) is 4.98 Å². The third-order valence-corrected chi connectivity index (χ3v) is 5.98. The van der Waals surface area contributed by atoms with E-state index in [1.807, 2.05) is 0 Å².